The SMILES string of the molecule is N#CC1(c2cc(CSc3ccc(O)cc3)cc(CN3C=NCN3)c2)CCC1. The number of nitriles is 1. The summed E-state index contributed by atoms with van der Waals surface area (Å²) >= 11 is 1.74. The van der Waals surface area contributed by atoms with Gasteiger partial charge in [0.05, 0.1) is 18.0 Å². The zero-order valence-corrected chi connectivity index (χ0v) is 15.9. The fourth-order valence-corrected chi connectivity index (χ4v) is 4.35. The number of aromatic hydroxyl groups is 1. The van der Waals surface area contributed by atoms with Gasteiger partial charge in [0.15, 0.2) is 0 Å². The molecule has 2 aliphatic rings. The maximum absolute atomic E-state index is 9.77. The molecule has 1 aliphatic carbocycles. The fourth-order valence-electron chi connectivity index (χ4n) is 3.52. The molecule has 2 aromatic rings. The Morgan fingerprint density at radius 1 is 1.19 bits per heavy atom. The molecule has 0 bridgehead atoms. The number of thioether (sulfide) groups is 1. The van der Waals surface area contributed by atoms with Crippen molar-refractivity contribution < 1.29 is 5.11 Å². The van der Waals surface area contributed by atoms with Crippen LogP contribution in [0.25, 0.3) is 0 Å². The number of phenols is 1. The molecule has 0 saturated heterocycles. The molecule has 0 amide bonds. The third-order valence-corrected chi connectivity index (χ3v) is 6.29. The Morgan fingerprint density at radius 2 is 1.96 bits per heavy atom. The Labute approximate surface area is 163 Å². The van der Waals surface area contributed by atoms with Crippen LogP contribution in [0.2, 0.25) is 0 Å². The highest BCUT2D eigenvalue weighted by Gasteiger charge is 2.39. The van der Waals surface area contributed by atoms with Crippen molar-refractivity contribution in [3.63, 3.8) is 0 Å². The second-order valence-corrected chi connectivity index (χ2v) is 8.16. The number of nitrogens with one attached hydrogen (secondary N) is 1. The van der Waals surface area contributed by atoms with Gasteiger partial charge in [-0.15, -0.1) is 11.8 Å². The summed E-state index contributed by atoms with van der Waals surface area (Å²) in [6, 6.07) is 16.4. The van der Waals surface area contributed by atoms with Crippen LogP contribution in [-0.2, 0) is 17.7 Å². The van der Waals surface area contributed by atoms with Gasteiger partial charge in [0.2, 0.25) is 0 Å². The third kappa shape index (κ3) is 3.95. The van der Waals surface area contributed by atoms with Gasteiger partial charge in [-0.25, -0.2) is 5.43 Å². The standard InChI is InChI=1S/C21H22N4OS/c22-13-21(6-1-7-21)18-9-16(11-25-15-23-14-24-25)8-17(10-18)12-27-20-4-2-19(26)3-5-20/h2-5,8-10,15,24,26H,1,6-7,11-12,14H2. The van der Waals surface area contributed by atoms with Crippen molar-refractivity contribution in [1.82, 2.24) is 10.4 Å². The van der Waals surface area contributed by atoms with E-state index in [1.54, 1.807) is 23.9 Å². The van der Waals surface area contributed by atoms with Gasteiger partial charge in [-0.05, 0) is 60.2 Å². The molecule has 0 atom stereocenters. The highest BCUT2D eigenvalue weighted by molar-refractivity contribution is 7.98. The van der Waals surface area contributed by atoms with E-state index in [1.807, 2.05) is 23.5 Å². The van der Waals surface area contributed by atoms with Crippen LogP contribution in [0.15, 0.2) is 52.4 Å². The van der Waals surface area contributed by atoms with Gasteiger partial charge >= 0.3 is 0 Å². The van der Waals surface area contributed by atoms with E-state index in [4.69, 9.17) is 0 Å². The van der Waals surface area contributed by atoms with Crippen molar-refractivity contribution in [2.24, 2.45) is 4.99 Å². The number of hydrogen-bond acceptors (Lipinski definition) is 6. The molecule has 2 aromatic carbocycles. The summed E-state index contributed by atoms with van der Waals surface area (Å²) in [5.41, 5.74) is 6.44. The maximum atomic E-state index is 9.77. The molecule has 6 heteroatoms. The van der Waals surface area contributed by atoms with Crippen molar-refractivity contribution >= 4 is 18.1 Å². The summed E-state index contributed by atoms with van der Waals surface area (Å²) < 4.78 is 0. The highest BCUT2D eigenvalue weighted by Crippen LogP contribution is 2.44. The van der Waals surface area contributed by atoms with Gasteiger partial charge in [-0.2, -0.15) is 5.26 Å². The molecule has 0 spiro atoms. The minimum Gasteiger partial charge on any atom is -0.508 e. The molecule has 5 nitrogen and oxygen atoms in total. The number of phenolic OH excluding ortho intramolecular Hbond substituents is 1. The monoisotopic (exact) mass is 378 g/mol. The predicted molar refractivity (Wildman–Crippen MR) is 107 cm³/mol. The Morgan fingerprint density at radius 3 is 2.59 bits per heavy atom. The Bertz CT molecular complexity index is 884. The average Bonchev–Trinajstić information content (AvgIpc) is 3.14. The largest absolute Gasteiger partial charge is 0.508 e. The highest BCUT2D eigenvalue weighted by atomic mass is 32.2. The molecule has 0 unspecified atom stereocenters. The number of hydrazine groups is 1. The van der Waals surface area contributed by atoms with Gasteiger partial charge in [0, 0.05) is 10.6 Å². The molecule has 1 heterocycles. The first-order chi connectivity index (χ1) is 13.2. The molecule has 138 valence electrons. The van der Waals surface area contributed by atoms with Crippen LogP contribution >= 0.6 is 11.8 Å². The van der Waals surface area contributed by atoms with Crippen molar-refractivity contribution in [3.8, 4) is 11.8 Å². The van der Waals surface area contributed by atoms with Gasteiger partial charge in [0.25, 0.3) is 0 Å². The quantitative estimate of drug-likeness (QED) is 0.745. The van der Waals surface area contributed by atoms with Crippen molar-refractivity contribution in [2.45, 2.75) is 41.9 Å². The molecule has 1 fully saturated rings. The molecule has 0 radical (unpaired) electrons. The lowest BCUT2D eigenvalue weighted by Gasteiger charge is -2.36. The van der Waals surface area contributed by atoms with Gasteiger partial charge in [-0.1, -0.05) is 18.2 Å². The van der Waals surface area contributed by atoms with E-state index in [9.17, 15) is 10.4 Å². The second kappa shape index (κ2) is 7.63. The zero-order valence-electron chi connectivity index (χ0n) is 15.1. The average molecular weight is 379 g/mol. The number of hydrogen-bond donors (Lipinski definition) is 2. The number of rotatable bonds is 6. The topological polar surface area (TPSA) is 71.6 Å². The summed E-state index contributed by atoms with van der Waals surface area (Å²) in [5.74, 6) is 1.11. The zero-order chi connectivity index (χ0) is 18.7. The Kier molecular flexibility index (Phi) is 5.06. The lowest BCUT2D eigenvalue weighted by atomic mass is 9.65. The smallest absolute Gasteiger partial charge is 0.115 e. The Balaban J connectivity index is 1.57. The normalized spacial score (nSPS) is 17.5. The summed E-state index contributed by atoms with van der Waals surface area (Å²) in [4.78, 5) is 5.31. The van der Waals surface area contributed by atoms with Crippen molar-refractivity contribution in [2.75, 3.05) is 6.67 Å². The van der Waals surface area contributed by atoms with Gasteiger partial charge in [-0.3, -0.25) is 10.0 Å². The van der Waals surface area contributed by atoms with E-state index in [1.165, 1.54) is 11.1 Å². The first-order valence-electron chi connectivity index (χ1n) is 9.13. The van der Waals surface area contributed by atoms with Gasteiger partial charge in [0.1, 0.15) is 18.8 Å². The molecule has 4 rings (SSSR count). The summed E-state index contributed by atoms with van der Waals surface area (Å²) in [6.45, 7) is 1.35. The summed E-state index contributed by atoms with van der Waals surface area (Å²) in [7, 11) is 0. The maximum Gasteiger partial charge on any atom is 0.115 e. The molecule has 2 N–H and O–H groups in total. The van der Waals surface area contributed by atoms with E-state index in [0.29, 0.717) is 6.67 Å². The van der Waals surface area contributed by atoms with Crippen LogP contribution < -0.4 is 5.43 Å². The van der Waals surface area contributed by atoms with E-state index in [0.717, 1.165) is 42.0 Å². The molecular weight excluding hydrogens is 356 g/mol. The van der Waals surface area contributed by atoms with E-state index in [2.05, 4.69) is 34.7 Å². The molecular formula is C21H22N4OS. The third-order valence-electron chi connectivity index (χ3n) is 5.21. The number of aliphatic imine (C=N–C) groups is 1. The fraction of sp³-hybridized carbons (Fsp3) is 0.333. The Hall–Kier alpha value is -2.49. The lowest BCUT2D eigenvalue weighted by Crippen LogP contribution is -2.33. The van der Waals surface area contributed by atoms with Crippen LogP contribution in [0.1, 0.15) is 36.0 Å². The number of benzene rings is 2. The van der Waals surface area contributed by atoms with Crippen LogP contribution in [0.5, 0.6) is 5.75 Å². The van der Waals surface area contributed by atoms with Gasteiger partial charge < -0.3 is 5.11 Å². The van der Waals surface area contributed by atoms with Crippen molar-refractivity contribution in [3.05, 3.63) is 59.2 Å². The predicted octanol–water partition coefficient (Wildman–Crippen LogP) is 3.94. The minimum absolute atomic E-state index is 0.282. The van der Waals surface area contributed by atoms with Crippen LogP contribution in [0.3, 0.4) is 0 Å². The minimum atomic E-state index is -0.319. The van der Waals surface area contributed by atoms with E-state index < -0.39 is 0 Å². The first kappa shape index (κ1) is 17.9. The van der Waals surface area contributed by atoms with E-state index in [-0.39, 0.29) is 11.2 Å². The summed E-state index contributed by atoms with van der Waals surface area (Å²) in [5, 5.41) is 21.2. The van der Waals surface area contributed by atoms with Crippen molar-refractivity contribution in [1.29, 1.82) is 5.26 Å². The second-order valence-electron chi connectivity index (χ2n) is 7.11. The lowest BCUT2D eigenvalue weighted by molar-refractivity contribution is 0.321. The molecule has 0 aromatic heterocycles. The molecule has 27 heavy (non-hydrogen) atoms. The van der Waals surface area contributed by atoms with Crippen LogP contribution in [-0.4, -0.2) is 23.1 Å². The molecule has 1 saturated carbocycles. The molecule has 1 aliphatic heterocycles. The first-order valence-corrected chi connectivity index (χ1v) is 10.1. The van der Waals surface area contributed by atoms with E-state index >= 15 is 0 Å². The van der Waals surface area contributed by atoms with Crippen LogP contribution in [0, 0.1) is 11.3 Å². The summed E-state index contributed by atoms with van der Waals surface area (Å²) in [6.07, 6.45) is 4.83. The van der Waals surface area contributed by atoms with Crippen LogP contribution in [0.4, 0.5) is 0 Å². The number of nitrogens with zero attached hydrogens (tertiary/aromatic N) is 3.